The molecule has 2 aromatic rings. The molecule has 2 heterocycles. The zero-order valence-corrected chi connectivity index (χ0v) is 13.5. The highest BCUT2D eigenvalue weighted by Crippen LogP contribution is 2.23. The van der Waals surface area contributed by atoms with Crippen molar-refractivity contribution in [2.24, 2.45) is 5.14 Å². The van der Waals surface area contributed by atoms with Gasteiger partial charge >= 0.3 is 0 Å². The minimum Gasteiger partial charge on any atom is -0.334 e. The Morgan fingerprint density at radius 1 is 1.35 bits per heavy atom. The zero-order chi connectivity index (χ0) is 16.6. The normalized spacial score (nSPS) is 17.8. The third-order valence-corrected chi connectivity index (χ3v) is 4.93. The van der Waals surface area contributed by atoms with E-state index in [-0.39, 0.29) is 23.4 Å². The number of rotatable bonds is 3. The van der Waals surface area contributed by atoms with Crippen LogP contribution in [0.2, 0.25) is 0 Å². The summed E-state index contributed by atoms with van der Waals surface area (Å²) in [6.45, 7) is 2.55. The summed E-state index contributed by atoms with van der Waals surface area (Å²) in [7, 11) is -3.80. The van der Waals surface area contributed by atoms with Crippen molar-refractivity contribution in [3.63, 3.8) is 0 Å². The molecule has 0 aliphatic carbocycles. The molecule has 3 rings (SSSR count). The topological polar surface area (TPSA) is 98.3 Å². The monoisotopic (exact) mass is 334 g/mol. The predicted octanol–water partition coefficient (Wildman–Crippen LogP) is 0.504. The summed E-state index contributed by atoms with van der Waals surface area (Å²) in [5, 5.41) is 8.94. The first kappa shape index (κ1) is 15.7. The fraction of sp³-hybridized carbons (Fsp3) is 0.333. The number of aromatic nitrogens is 2. The Bertz CT molecular complexity index is 844. The lowest BCUT2D eigenvalue weighted by atomic mass is 9.95. The quantitative estimate of drug-likeness (QED) is 0.884. The number of carbonyl (C=O) groups is 1. The van der Waals surface area contributed by atoms with Crippen LogP contribution >= 0.6 is 0 Å². The van der Waals surface area contributed by atoms with Crippen molar-refractivity contribution in [3.05, 3.63) is 47.8 Å². The fourth-order valence-electron chi connectivity index (χ4n) is 2.82. The van der Waals surface area contributed by atoms with E-state index in [2.05, 4.69) is 11.2 Å². The molecule has 1 amide bonds. The lowest BCUT2D eigenvalue weighted by Gasteiger charge is -2.35. The molecule has 0 spiro atoms. The van der Waals surface area contributed by atoms with Gasteiger partial charge in [0, 0.05) is 18.8 Å². The van der Waals surface area contributed by atoms with Crippen LogP contribution in [0.3, 0.4) is 0 Å². The maximum Gasteiger partial charge on any atom is 0.244 e. The Morgan fingerprint density at radius 3 is 2.70 bits per heavy atom. The smallest absolute Gasteiger partial charge is 0.244 e. The molecule has 1 aliphatic rings. The lowest BCUT2D eigenvalue weighted by Crippen LogP contribution is -2.44. The van der Waals surface area contributed by atoms with Gasteiger partial charge in [-0.3, -0.25) is 9.48 Å². The molecule has 1 aromatic carbocycles. The molecule has 0 fully saturated rings. The minimum atomic E-state index is -3.80. The molecule has 23 heavy (non-hydrogen) atoms. The molecule has 8 heteroatoms. The van der Waals surface area contributed by atoms with E-state index in [4.69, 9.17) is 5.14 Å². The van der Waals surface area contributed by atoms with E-state index < -0.39 is 10.0 Å². The van der Waals surface area contributed by atoms with Gasteiger partial charge in [-0.25, -0.2) is 13.6 Å². The van der Waals surface area contributed by atoms with E-state index in [9.17, 15) is 13.2 Å². The summed E-state index contributed by atoms with van der Waals surface area (Å²) in [4.78, 5) is 14.2. The molecule has 1 aliphatic heterocycles. The van der Waals surface area contributed by atoms with Gasteiger partial charge in [0.25, 0.3) is 0 Å². The Balaban J connectivity index is 1.75. The van der Waals surface area contributed by atoms with Gasteiger partial charge in [-0.1, -0.05) is 24.3 Å². The summed E-state index contributed by atoms with van der Waals surface area (Å²) in [6.07, 6.45) is 3.23. The first-order chi connectivity index (χ1) is 10.8. The second-order valence-corrected chi connectivity index (χ2v) is 7.32. The van der Waals surface area contributed by atoms with Crippen LogP contribution in [0.5, 0.6) is 0 Å². The first-order valence-electron chi connectivity index (χ1n) is 7.26. The van der Waals surface area contributed by atoms with Gasteiger partial charge in [-0.2, -0.15) is 5.10 Å². The van der Waals surface area contributed by atoms with E-state index >= 15 is 0 Å². The maximum absolute atomic E-state index is 12.5. The molecule has 0 bridgehead atoms. The number of nitrogens with two attached hydrogens (primary N) is 1. The van der Waals surface area contributed by atoms with Gasteiger partial charge in [0.15, 0.2) is 0 Å². The Morgan fingerprint density at radius 2 is 2.04 bits per heavy atom. The van der Waals surface area contributed by atoms with Crippen LogP contribution in [0.25, 0.3) is 0 Å². The van der Waals surface area contributed by atoms with Crippen molar-refractivity contribution in [3.8, 4) is 0 Å². The second kappa shape index (κ2) is 5.78. The summed E-state index contributed by atoms with van der Waals surface area (Å²) < 4.78 is 23.8. The summed E-state index contributed by atoms with van der Waals surface area (Å²) >= 11 is 0. The van der Waals surface area contributed by atoms with Gasteiger partial charge in [0.05, 0.1) is 6.20 Å². The molecular weight excluding hydrogens is 316 g/mol. The van der Waals surface area contributed by atoms with Crippen molar-refractivity contribution in [1.29, 1.82) is 0 Å². The van der Waals surface area contributed by atoms with E-state index in [0.717, 1.165) is 18.2 Å². The molecule has 0 saturated carbocycles. The van der Waals surface area contributed by atoms with Gasteiger partial charge in [-0.15, -0.1) is 0 Å². The van der Waals surface area contributed by atoms with Crippen molar-refractivity contribution < 1.29 is 13.2 Å². The van der Waals surface area contributed by atoms with Crippen LogP contribution in [0.1, 0.15) is 18.1 Å². The average Bonchev–Trinajstić information content (AvgIpc) is 2.95. The van der Waals surface area contributed by atoms with E-state index in [1.54, 1.807) is 4.90 Å². The van der Waals surface area contributed by atoms with Crippen LogP contribution in [0.4, 0.5) is 0 Å². The molecule has 1 atom stereocenters. The summed E-state index contributed by atoms with van der Waals surface area (Å²) in [5.41, 5.74) is 2.41. The molecule has 122 valence electrons. The lowest BCUT2D eigenvalue weighted by molar-refractivity contribution is -0.135. The SMILES string of the molecule is CC1Cc2ccccc2CN1C(=O)Cn1cc(S(N)(=O)=O)cn1. The minimum absolute atomic E-state index is 0.0119. The van der Waals surface area contributed by atoms with Gasteiger partial charge in [-0.05, 0) is 24.5 Å². The van der Waals surface area contributed by atoms with Gasteiger partial charge in [0.1, 0.15) is 11.4 Å². The molecular formula is C15H18N4O3S. The summed E-state index contributed by atoms with van der Waals surface area (Å²) in [6, 6.07) is 8.16. The van der Waals surface area contributed by atoms with Crippen LogP contribution in [-0.2, 0) is 34.3 Å². The number of hydrogen-bond acceptors (Lipinski definition) is 4. The standard InChI is InChI=1S/C15H18N4O3S/c1-11-6-12-4-2-3-5-13(12)8-19(11)15(20)10-18-9-14(7-17-18)23(16,21)22/h2-5,7,9,11H,6,8,10H2,1H3,(H2,16,21,22). The van der Waals surface area contributed by atoms with Crippen molar-refractivity contribution in [2.75, 3.05) is 0 Å². The third kappa shape index (κ3) is 3.27. The molecule has 0 radical (unpaired) electrons. The van der Waals surface area contributed by atoms with Crippen LogP contribution < -0.4 is 5.14 Å². The highest BCUT2D eigenvalue weighted by Gasteiger charge is 2.26. The number of amides is 1. The van der Waals surface area contributed by atoms with Crippen molar-refractivity contribution in [1.82, 2.24) is 14.7 Å². The highest BCUT2D eigenvalue weighted by molar-refractivity contribution is 7.89. The predicted molar refractivity (Wildman–Crippen MR) is 83.8 cm³/mol. The number of sulfonamides is 1. The molecule has 1 aromatic heterocycles. The Hall–Kier alpha value is -2.19. The van der Waals surface area contributed by atoms with Gasteiger partial charge < -0.3 is 4.90 Å². The summed E-state index contributed by atoms with van der Waals surface area (Å²) in [5.74, 6) is -0.101. The largest absolute Gasteiger partial charge is 0.334 e. The van der Waals surface area contributed by atoms with Crippen LogP contribution in [0, 0.1) is 0 Å². The van der Waals surface area contributed by atoms with Gasteiger partial charge in [0.2, 0.25) is 15.9 Å². The maximum atomic E-state index is 12.5. The second-order valence-electron chi connectivity index (χ2n) is 5.76. The Kier molecular flexibility index (Phi) is 3.95. The van der Waals surface area contributed by atoms with E-state index in [0.29, 0.717) is 6.54 Å². The fourth-order valence-corrected chi connectivity index (χ4v) is 3.28. The van der Waals surface area contributed by atoms with Crippen molar-refractivity contribution in [2.45, 2.75) is 37.4 Å². The third-order valence-electron chi connectivity index (χ3n) is 4.06. The number of hydrogen-bond donors (Lipinski definition) is 1. The van der Waals surface area contributed by atoms with Crippen LogP contribution in [-0.4, -0.2) is 35.0 Å². The van der Waals surface area contributed by atoms with Crippen LogP contribution in [0.15, 0.2) is 41.6 Å². The highest BCUT2D eigenvalue weighted by atomic mass is 32.2. The number of primary sulfonamides is 1. The average molecular weight is 334 g/mol. The molecule has 0 saturated heterocycles. The van der Waals surface area contributed by atoms with E-state index in [1.165, 1.54) is 16.4 Å². The van der Waals surface area contributed by atoms with Crippen molar-refractivity contribution >= 4 is 15.9 Å². The Labute approximate surface area is 134 Å². The molecule has 1 unspecified atom stereocenters. The number of benzene rings is 1. The van der Waals surface area contributed by atoms with E-state index in [1.807, 2.05) is 25.1 Å². The number of fused-ring (bicyclic) bond motifs is 1. The molecule has 7 nitrogen and oxygen atoms in total. The molecule has 2 N–H and O–H groups in total. The number of carbonyl (C=O) groups excluding carboxylic acids is 1. The zero-order valence-electron chi connectivity index (χ0n) is 12.7. The first-order valence-corrected chi connectivity index (χ1v) is 8.81. The number of nitrogens with zero attached hydrogens (tertiary/aromatic N) is 3.